The first-order chi connectivity index (χ1) is 8.70. The summed E-state index contributed by atoms with van der Waals surface area (Å²) in [5.41, 5.74) is 0.923. The summed E-state index contributed by atoms with van der Waals surface area (Å²) in [6.45, 7) is 3.06. The summed E-state index contributed by atoms with van der Waals surface area (Å²) in [6.07, 6.45) is 3.50. The Labute approximate surface area is 109 Å². The monoisotopic (exact) mass is 265 g/mol. The third-order valence-electron chi connectivity index (χ3n) is 2.64. The maximum absolute atomic E-state index is 10.7. The lowest BCUT2D eigenvalue weighted by Crippen LogP contribution is -2.00. The lowest BCUT2D eigenvalue weighted by atomic mass is 10.2. The highest BCUT2D eigenvalue weighted by Gasteiger charge is 2.09. The Morgan fingerprint density at radius 1 is 1.44 bits per heavy atom. The van der Waals surface area contributed by atoms with Gasteiger partial charge >= 0.3 is 0 Å². The van der Waals surface area contributed by atoms with Gasteiger partial charge in [0.1, 0.15) is 0 Å². The third kappa shape index (κ3) is 2.95. The molecule has 0 spiro atoms. The second-order valence-corrected chi connectivity index (χ2v) is 5.09. The number of nitro benzene ring substituents is 1. The highest BCUT2D eigenvalue weighted by molar-refractivity contribution is 7.22. The molecule has 0 aliphatic rings. The molecule has 6 heteroatoms. The smallest absolute Gasteiger partial charge is 0.270 e. The van der Waals surface area contributed by atoms with Crippen LogP contribution in [0.3, 0.4) is 0 Å². The van der Waals surface area contributed by atoms with Crippen LogP contribution in [0, 0.1) is 10.1 Å². The molecule has 2 aromatic rings. The van der Waals surface area contributed by atoms with Crippen LogP contribution in [-0.4, -0.2) is 16.5 Å². The SMILES string of the molecule is CCCCCNc1nc2ccc([N+](=O)[O-])cc2s1. The van der Waals surface area contributed by atoms with E-state index >= 15 is 0 Å². The average Bonchev–Trinajstić information content (AvgIpc) is 2.76. The molecule has 5 nitrogen and oxygen atoms in total. The van der Waals surface area contributed by atoms with Gasteiger partial charge in [0.15, 0.2) is 5.13 Å². The molecule has 0 radical (unpaired) electrons. The van der Waals surface area contributed by atoms with E-state index < -0.39 is 0 Å². The molecule has 0 amide bonds. The fraction of sp³-hybridized carbons (Fsp3) is 0.417. The van der Waals surface area contributed by atoms with Gasteiger partial charge in [-0.2, -0.15) is 0 Å². The molecule has 18 heavy (non-hydrogen) atoms. The Hall–Kier alpha value is -1.69. The minimum atomic E-state index is -0.381. The molecule has 0 saturated heterocycles. The molecule has 2 rings (SSSR count). The van der Waals surface area contributed by atoms with E-state index in [9.17, 15) is 10.1 Å². The highest BCUT2D eigenvalue weighted by atomic mass is 32.1. The van der Waals surface area contributed by atoms with Crippen LogP contribution in [0.5, 0.6) is 0 Å². The number of hydrogen-bond donors (Lipinski definition) is 1. The molecule has 0 aliphatic heterocycles. The summed E-state index contributed by atoms with van der Waals surface area (Å²) in [4.78, 5) is 14.7. The lowest BCUT2D eigenvalue weighted by molar-refractivity contribution is -0.384. The van der Waals surface area contributed by atoms with Gasteiger partial charge in [0.05, 0.1) is 15.1 Å². The molecule has 0 fully saturated rings. The summed E-state index contributed by atoms with van der Waals surface area (Å²) in [5, 5.41) is 14.8. The Morgan fingerprint density at radius 3 is 3.00 bits per heavy atom. The van der Waals surface area contributed by atoms with E-state index in [1.54, 1.807) is 12.1 Å². The van der Waals surface area contributed by atoms with E-state index in [0.717, 1.165) is 28.3 Å². The predicted octanol–water partition coefficient (Wildman–Crippen LogP) is 3.81. The number of hydrogen-bond acceptors (Lipinski definition) is 5. The number of fused-ring (bicyclic) bond motifs is 1. The number of unbranched alkanes of at least 4 members (excludes halogenated alkanes) is 2. The highest BCUT2D eigenvalue weighted by Crippen LogP contribution is 2.29. The number of aromatic nitrogens is 1. The van der Waals surface area contributed by atoms with Gasteiger partial charge in [-0.1, -0.05) is 31.1 Å². The first-order valence-corrected chi connectivity index (χ1v) is 6.81. The van der Waals surface area contributed by atoms with Crippen LogP contribution in [0.1, 0.15) is 26.2 Å². The minimum absolute atomic E-state index is 0.115. The average molecular weight is 265 g/mol. The van der Waals surface area contributed by atoms with Gasteiger partial charge in [-0.15, -0.1) is 0 Å². The van der Waals surface area contributed by atoms with Gasteiger partial charge in [-0.05, 0) is 12.5 Å². The van der Waals surface area contributed by atoms with E-state index in [-0.39, 0.29) is 10.6 Å². The van der Waals surface area contributed by atoms with Gasteiger partial charge in [-0.25, -0.2) is 4.98 Å². The standard InChI is InChI=1S/C12H15N3O2S/c1-2-3-4-7-13-12-14-10-6-5-9(15(16)17)8-11(10)18-12/h5-6,8H,2-4,7H2,1H3,(H,13,14). The molecule has 1 aromatic heterocycles. The zero-order valence-corrected chi connectivity index (χ0v) is 11.0. The largest absolute Gasteiger partial charge is 0.361 e. The number of anilines is 1. The fourth-order valence-corrected chi connectivity index (χ4v) is 2.60. The van der Waals surface area contributed by atoms with E-state index in [4.69, 9.17) is 0 Å². The number of benzene rings is 1. The molecule has 0 atom stereocenters. The molecular formula is C12H15N3O2S. The van der Waals surface area contributed by atoms with Gasteiger partial charge in [0.2, 0.25) is 0 Å². The first kappa shape index (κ1) is 12.8. The van der Waals surface area contributed by atoms with Gasteiger partial charge in [0.25, 0.3) is 5.69 Å². The second kappa shape index (κ2) is 5.77. The van der Waals surface area contributed by atoms with Crippen molar-refractivity contribution in [1.29, 1.82) is 0 Å². The maximum atomic E-state index is 10.7. The van der Waals surface area contributed by atoms with Crippen LogP contribution in [0.2, 0.25) is 0 Å². The van der Waals surface area contributed by atoms with Crippen molar-refractivity contribution in [2.24, 2.45) is 0 Å². The van der Waals surface area contributed by atoms with Crippen molar-refractivity contribution in [3.8, 4) is 0 Å². The molecule has 1 heterocycles. The molecule has 0 saturated carbocycles. The second-order valence-electron chi connectivity index (χ2n) is 4.06. The van der Waals surface area contributed by atoms with Crippen LogP contribution in [-0.2, 0) is 0 Å². The van der Waals surface area contributed by atoms with Gasteiger partial charge in [-0.3, -0.25) is 10.1 Å². The van der Waals surface area contributed by atoms with Gasteiger partial charge < -0.3 is 5.32 Å². The molecule has 1 aromatic carbocycles. The minimum Gasteiger partial charge on any atom is -0.361 e. The zero-order valence-electron chi connectivity index (χ0n) is 10.2. The van der Waals surface area contributed by atoms with Crippen LogP contribution in [0.4, 0.5) is 10.8 Å². The van der Waals surface area contributed by atoms with Crippen LogP contribution in [0.15, 0.2) is 18.2 Å². The van der Waals surface area contributed by atoms with Gasteiger partial charge in [0, 0.05) is 18.7 Å². The first-order valence-electron chi connectivity index (χ1n) is 5.99. The molecular weight excluding hydrogens is 250 g/mol. The summed E-state index contributed by atoms with van der Waals surface area (Å²) in [5.74, 6) is 0. The summed E-state index contributed by atoms with van der Waals surface area (Å²) in [6, 6.07) is 4.76. The summed E-state index contributed by atoms with van der Waals surface area (Å²) >= 11 is 1.46. The molecule has 1 N–H and O–H groups in total. The zero-order chi connectivity index (χ0) is 13.0. The summed E-state index contributed by atoms with van der Waals surface area (Å²) in [7, 11) is 0. The molecule has 0 aliphatic carbocycles. The van der Waals surface area contributed by atoms with Crippen molar-refractivity contribution in [2.45, 2.75) is 26.2 Å². The van der Waals surface area contributed by atoms with Crippen molar-refractivity contribution >= 4 is 32.4 Å². The van der Waals surface area contributed by atoms with Crippen LogP contribution < -0.4 is 5.32 Å². The Balaban J connectivity index is 2.09. The third-order valence-corrected chi connectivity index (χ3v) is 3.62. The topological polar surface area (TPSA) is 68.1 Å². The van der Waals surface area contributed by atoms with Crippen LogP contribution >= 0.6 is 11.3 Å². The van der Waals surface area contributed by atoms with E-state index in [1.165, 1.54) is 30.2 Å². The molecule has 96 valence electrons. The maximum Gasteiger partial charge on any atom is 0.270 e. The number of non-ortho nitro benzene ring substituents is 1. The van der Waals surface area contributed by atoms with Crippen molar-refractivity contribution in [2.75, 3.05) is 11.9 Å². The van der Waals surface area contributed by atoms with E-state index in [1.807, 2.05) is 0 Å². The Kier molecular flexibility index (Phi) is 4.09. The number of thiazole rings is 1. The van der Waals surface area contributed by atoms with E-state index in [0.29, 0.717) is 0 Å². The number of nitrogens with zero attached hydrogens (tertiary/aromatic N) is 2. The van der Waals surface area contributed by atoms with Crippen molar-refractivity contribution in [3.63, 3.8) is 0 Å². The predicted molar refractivity (Wildman–Crippen MR) is 74.3 cm³/mol. The quantitative estimate of drug-likeness (QED) is 0.490. The summed E-state index contributed by atoms with van der Waals surface area (Å²) < 4.78 is 0.849. The lowest BCUT2D eigenvalue weighted by Gasteiger charge is -1.99. The number of rotatable bonds is 6. The number of nitro groups is 1. The van der Waals surface area contributed by atoms with Crippen molar-refractivity contribution in [3.05, 3.63) is 28.3 Å². The normalized spacial score (nSPS) is 10.7. The van der Waals surface area contributed by atoms with Crippen molar-refractivity contribution in [1.82, 2.24) is 4.98 Å². The molecule has 0 unspecified atom stereocenters. The van der Waals surface area contributed by atoms with E-state index in [2.05, 4.69) is 17.2 Å². The number of nitrogens with one attached hydrogen (secondary N) is 1. The Bertz CT molecular complexity index is 553. The fourth-order valence-electron chi connectivity index (χ4n) is 1.67. The molecule has 0 bridgehead atoms. The Morgan fingerprint density at radius 2 is 2.28 bits per heavy atom. The van der Waals surface area contributed by atoms with Crippen molar-refractivity contribution < 1.29 is 4.92 Å². The van der Waals surface area contributed by atoms with Crippen LogP contribution in [0.25, 0.3) is 10.2 Å².